The van der Waals surface area contributed by atoms with E-state index in [0.717, 1.165) is 11.9 Å². The molecule has 18 heavy (non-hydrogen) atoms. The number of carbonyl (C=O) groups is 1. The highest BCUT2D eigenvalue weighted by molar-refractivity contribution is 5.93. The Morgan fingerprint density at radius 1 is 1.33 bits per heavy atom. The van der Waals surface area contributed by atoms with Gasteiger partial charge in [0.1, 0.15) is 0 Å². The molecule has 92 valence electrons. The van der Waals surface area contributed by atoms with Gasteiger partial charge in [-0.05, 0) is 18.1 Å². The third-order valence-electron chi connectivity index (χ3n) is 3.46. The number of amides is 2. The molecule has 0 unspecified atom stereocenters. The zero-order valence-electron chi connectivity index (χ0n) is 10.0. The van der Waals surface area contributed by atoms with Crippen molar-refractivity contribution >= 4 is 22.5 Å². The summed E-state index contributed by atoms with van der Waals surface area (Å²) in [6.07, 6.45) is 4.98. The summed E-state index contributed by atoms with van der Waals surface area (Å²) in [6, 6.07) is 7.90. The highest BCUT2D eigenvalue weighted by Gasteiger charge is 2.17. The lowest BCUT2D eigenvalue weighted by Gasteiger charge is -2.24. The molecule has 0 fully saturated rings. The number of aromatic amines is 1. The van der Waals surface area contributed by atoms with Crippen molar-refractivity contribution in [1.29, 1.82) is 0 Å². The molecular weight excluding hydrogens is 226 g/mol. The maximum atomic E-state index is 11.1. The maximum Gasteiger partial charge on any atom is 0.315 e. The Kier molecular flexibility index (Phi) is 2.55. The van der Waals surface area contributed by atoms with Crippen LogP contribution in [-0.2, 0) is 0 Å². The van der Waals surface area contributed by atoms with Gasteiger partial charge in [0.05, 0.1) is 0 Å². The molecule has 2 heterocycles. The number of aromatic nitrogens is 1. The molecule has 0 bridgehead atoms. The van der Waals surface area contributed by atoms with Crippen LogP contribution in [0.15, 0.2) is 36.5 Å². The van der Waals surface area contributed by atoms with E-state index in [0.29, 0.717) is 13.1 Å². The van der Waals surface area contributed by atoms with Gasteiger partial charge in [-0.3, -0.25) is 0 Å². The summed E-state index contributed by atoms with van der Waals surface area (Å²) in [4.78, 5) is 16.0. The van der Waals surface area contributed by atoms with Crippen molar-refractivity contribution in [2.75, 3.05) is 13.1 Å². The van der Waals surface area contributed by atoms with Crippen LogP contribution in [0.4, 0.5) is 4.79 Å². The van der Waals surface area contributed by atoms with Crippen molar-refractivity contribution in [2.24, 2.45) is 5.73 Å². The highest BCUT2D eigenvalue weighted by atomic mass is 16.2. The van der Waals surface area contributed by atoms with Gasteiger partial charge in [0.25, 0.3) is 0 Å². The van der Waals surface area contributed by atoms with E-state index < -0.39 is 0 Å². The van der Waals surface area contributed by atoms with Crippen LogP contribution in [-0.4, -0.2) is 29.0 Å². The van der Waals surface area contributed by atoms with Crippen molar-refractivity contribution in [3.8, 4) is 0 Å². The molecule has 3 N–H and O–H groups in total. The maximum absolute atomic E-state index is 11.1. The number of carbonyl (C=O) groups excluding carboxylic acids is 1. The van der Waals surface area contributed by atoms with Crippen LogP contribution in [0.25, 0.3) is 16.5 Å². The molecule has 0 atom stereocenters. The van der Waals surface area contributed by atoms with Gasteiger partial charge in [-0.1, -0.05) is 24.3 Å². The predicted molar refractivity (Wildman–Crippen MR) is 72.0 cm³/mol. The number of H-pyrrole nitrogens is 1. The SMILES string of the molecule is NC(=O)N1CC=C(c2c[nH]c3ccccc23)CC1. The van der Waals surface area contributed by atoms with E-state index in [2.05, 4.69) is 23.2 Å². The molecule has 2 amide bonds. The van der Waals surface area contributed by atoms with Crippen LogP contribution in [0.5, 0.6) is 0 Å². The number of fused-ring (bicyclic) bond motifs is 1. The average Bonchev–Trinajstić information content (AvgIpc) is 2.82. The Morgan fingerprint density at radius 3 is 2.89 bits per heavy atom. The summed E-state index contributed by atoms with van der Waals surface area (Å²) in [6.45, 7) is 1.30. The van der Waals surface area contributed by atoms with E-state index in [1.165, 1.54) is 16.5 Å². The number of nitrogens with one attached hydrogen (secondary N) is 1. The van der Waals surface area contributed by atoms with Crippen LogP contribution in [0.2, 0.25) is 0 Å². The Bertz CT molecular complexity index is 627. The summed E-state index contributed by atoms with van der Waals surface area (Å²) in [5.74, 6) is 0. The smallest absolute Gasteiger partial charge is 0.315 e. The first-order chi connectivity index (χ1) is 8.75. The summed E-state index contributed by atoms with van der Waals surface area (Å²) in [5, 5.41) is 1.23. The molecule has 1 aromatic carbocycles. The first-order valence-electron chi connectivity index (χ1n) is 6.05. The quantitative estimate of drug-likeness (QED) is 0.790. The number of hydrogen-bond donors (Lipinski definition) is 2. The van der Waals surface area contributed by atoms with Crippen molar-refractivity contribution in [3.63, 3.8) is 0 Å². The molecule has 2 aromatic rings. The lowest BCUT2D eigenvalue weighted by atomic mass is 9.99. The molecule has 4 heteroatoms. The number of hydrogen-bond acceptors (Lipinski definition) is 1. The second-order valence-corrected chi connectivity index (χ2v) is 4.51. The van der Waals surface area contributed by atoms with Gasteiger partial charge in [-0.25, -0.2) is 4.79 Å². The van der Waals surface area contributed by atoms with Crippen LogP contribution < -0.4 is 5.73 Å². The monoisotopic (exact) mass is 241 g/mol. The standard InChI is InChI=1S/C14H15N3O/c15-14(18)17-7-5-10(6-8-17)12-9-16-13-4-2-1-3-11(12)13/h1-5,9,16H,6-8H2,(H2,15,18). The molecule has 4 nitrogen and oxygen atoms in total. The minimum atomic E-state index is -0.343. The van der Waals surface area contributed by atoms with E-state index in [1.54, 1.807) is 4.90 Å². The lowest BCUT2D eigenvalue weighted by Crippen LogP contribution is -2.38. The second kappa shape index (κ2) is 4.22. The first kappa shape index (κ1) is 10.9. The third-order valence-corrected chi connectivity index (χ3v) is 3.46. The topological polar surface area (TPSA) is 62.1 Å². The Balaban J connectivity index is 1.94. The van der Waals surface area contributed by atoms with Gasteiger partial charge in [0.2, 0.25) is 0 Å². The Hall–Kier alpha value is -2.23. The van der Waals surface area contributed by atoms with E-state index >= 15 is 0 Å². The van der Waals surface area contributed by atoms with Gasteiger partial charge in [0.15, 0.2) is 0 Å². The molecule has 1 aliphatic heterocycles. The molecule has 3 rings (SSSR count). The Morgan fingerprint density at radius 2 is 2.17 bits per heavy atom. The summed E-state index contributed by atoms with van der Waals surface area (Å²) in [7, 11) is 0. The molecule has 0 saturated heterocycles. The molecule has 0 saturated carbocycles. The molecular formula is C14H15N3O. The summed E-state index contributed by atoms with van der Waals surface area (Å²) in [5.41, 5.74) is 8.93. The zero-order valence-corrected chi connectivity index (χ0v) is 10.0. The highest BCUT2D eigenvalue weighted by Crippen LogP contribution is 2.28. The number of urea groups is 1. The van der Waals surface area contributed by atoms with Crippen molar-refractivity contribution in [1.82, 2.24) is 9.88 Å². The minimum absolute atomic E-state index is 0.343. The normalized spacial score (nSPS) is 15.8. The number of para-hydroxylation sites is 1. The molecule has 0 spiro atoms. The fraction of sp³-hybridized carbons (Fsp3) is 0.214. The van der Waals surface area contributed by atoms with E-state index in [-0.39, 0.29) is 6.03 Å². The second-order valence-electron chi connectivity index (χ2n) is 4.51. The number of primary amides is 1. The Labute approximate surface area is 105 Å². The third kappa shape index (κ3) is 1.76. The van der Waals surface area contributed by atoms with E-state index in [9.17, 15) is 4.79 Å². The van der Waals surface area contributed by atoms with E-state index in [4.69, 9.17) is 5.73 Å². The number of rotatable bonds is 1. The average molecular weight is 241 g/mol. The first-order valence-corrected chi connectivity index (χ1v) is 6.05. The predicted octanol–water partition coefficient (Wildman–Crippen LogP) is 2.34. The van der Waals surface area contributed by atoms with Crippen molar-refractivity contribution in [3.05, 3.63) is 42.1 Å². The number of benzene rings is 1. The van der Waals surface area contributed by atoms with Crippen LogP contribution >= 0.6 is 0 Å². The molecule has 0 radical (unpaired) electrons. The lowest BCUT2D eigenvalue weighted by molar-refractivity contribution is 0.213. The van der Waals surface area contributed by atoms with Crippen molar-refractivity contribution < 1.29 is 4.79 Å². The van der Waals surface area contributed by atoms with Crippen molar-refractivity contribution in [2.45, 2.75) is 6.42 Å². The van der Waals surface area contributed by atoms with E-state index in [1.807, 2.05) is 18.3 Å². The molecule has 1 aromatic heterocycles. The van der Waals surface area contributed by atoms with Crippen LogP contribution in [0.3, 0.4) is 0 Å². The van der Waals surface area contributed by atoms with Crippen LogP contribution in [0, 0.1) is 0 Å². The zero-order chi connectivity index (χ0) is 12.5. The van der Waals surface area contributed by atoms with Gasteiger partial charge < -0.3 is 15.6 Å². The minimum Gasteiger partial charge on any atom is -0.361 e. The van der Waals surface area contributed by atoms with Gasteiger partial charge in [-0.15, -0.1) is 0 Å². The van der Waals surface area contributed by atoms with Crippen LogP contribution in [0.1, 0.15) is 12.0 Å². The van der Waals surface area contributed by atoms with Gasteiger partial charge in [0, 0.05) is 35.8 Å². The summed E-state index contributed by atoms with van der Waals surface area (Å²) < 4.78 is 0. The molecule has 1 aliphatic rings. The number of nitrogens with zero attached hydrogens (tertiary/aromatic N) is 1. The van der Waals surface area contributed by atoms with Gasteiger partial charge in [-0.2, -0.15) is 0 Å². The number of nitrogens with two attached hydrogens (primary N) is 1. The fourth-order valence-electron chi connectivity index (χ4n) is 2.45. The fourth-order valence-corrected chi connectivity index (χ4v) is 2.45. The van der Waals surface area contributed by atoms with Gasteiger partial charge >= 0.3 is 6.03 Å². The molecule has 0 aliphatic carbocycles. The summed E-state index contributed by atoms with van der Waals surface area (Å²) >= 11 is 0. The largest absolute Gasteiger partial charge is 0.361 e.